The van der Waals surface area contributed by atoms with E-state index in [0.29, 0.717) is 24.5 Å². The zero-order valence-electron chi connectivity index (χ0n) is 16.5. The van der Waals surface area contributed by atoms with Gasteiger partial charge in [0.1, 0.15) is 17.6 Å². The number of nitrogens with one attached hydrogen (secondary N) is 3. The van der Waals surface area contributed by atoms with E-state index in [9.17, 15) is 14.7 Å². The molecule has 29 heavy (non-hydrogen) atoms. The van der Waals surface area contributed by atoms with E-state index < -0.39 is 12.0 Å². The number of unbranched alkanes of at least 4 members (excludes halogenated alkanes) is 1. The number of anilines is 2. The molecule has 3 rings (SSSR count). The van der Waals surface area contributed by atoms with E-state index >= 15 is 0 Å². The third-order valence-electron chi connectivity index (χ3n) is 4.69. The van der Waals surface area contributed by atoms with Gasteiger partial charge in [-0.1, -0.05) is 43.7 Å². The van der Waals surface area contributed by atoms with Crippen LogP contribution in [0.3, 0.4) is 0 Å². The molecule has 0 aliphatic heterocycles. The second-order valence-electron chi connectivity index (χ2n) is 6.77. The number of carbonyl (C=O) groups is 2. The number of rotatable bonds is 10. The molecule has 1 atom stereocenters. The van der Waals surface area contributed by atoms with Crippen molar-refractivity contribution in [3.05, 3.63) is 42.5 Å². The van der Waals surface area contributed by atoms with Gasteiger partial charge in [0.25, 0.3) is 0 Å². The molecular formula is C22H25N3O4. The summed E-state index contributed by atoms with van der Waals surface area (Å²) >= 11 is 0. The lowest BCUT2D eigenvalue weighted by Crippen LogP contribution is -2.25. The number of amides is 1. The summed E-state index contributed by atoms with van der Waals surface area (Å²) in [6.45, 7) is 4.28. The number of carboxylic acid groups (broad SMARTS) is 1. The lowest BCUT2D eigenvalue weighted by atomic mass is 9.99. The Bertz CT molecular complexity index is 1010. The molecule has 0 radical (unpaired) electrons. The quantitative estimate of drug-likeness (QED) is 0.300. The molecule has 0 aliphatic carbocycles. The van der Waals surface area contributed by atoms with Crippen LogP contribution in [0.4, 0.5) is 11.5 Å². The molecule has 7 nitrogen and oxygen atoms in total. The van der Waals surface area contributed by atoms with Crippen molar-refractivity contribution in [2.24, 2.45) is 0 Å². The van der Waals surface area contributed by atoms with Gasteiger partial charge in [-0.05, 0) is 31.0 Å². The van der Waals surface area contributed by atoms with Crippen LogP contribution in [0.1, 0.15) is 26.7 Å². The molecule has 0 fully saturated rings. The van der Waals surface area contributed by atoms with Crippen LogP contribution in [0, 0.1) is 0 Å². The average Bonchev–Trinajstić information content (AvgIpc) is 3.06. The monoisotopic (exact) mass is 395 g/mol. The number of carboxylic acids is 1. The number of aromatic amines is 1. The number of carbonyl (C=O) groups excluding carboxylic acids is 1. The Labute approximate surface area is 169 Å². The smallest absolute Gasteiger partial charge is 0.325 e. The normalized spacial score (nSPS) is 11.8. The van der Waals surface area contributed by atoms with E-state index in [2.05, 4.69) is 22.5 Å². The van der Waals surface area contributed by atoms with Gasteiger partial charge in [0.05, 0.1) is 12.3 Å². The Morgan fingerprint density at radius 3 is 2.69 bits per heavy atom. The third kappa shape index (κ3) is 4.34. The molecule has 1 amide bonds. The van der Waals surface area contributed by atoms with Crippen LogP contribution in [0.15, 0.2) is 42.5 Å². The van der Waals surface area contributed by atoms with Crippen LogP contribution in [0.5, 0.6) is 5.75 Å². The first-order valence-corrected chi connectivity index (χ1v) is 9.63. The van der Waals surface area contributed by atoms with Crippen LogP contribution in [0.2, 0.25) is 0 Å². The van der Waals surface area contributed by atoms with Crippen LogP contribution in [-0.4, -0.2) is 35.1 Å². The first-order valence-electron chi connectivity index (χ1n) is 9.63. The molecule has 0 aliphatic rings. The molecule has 0 spiro atoms. The first kappa shape index (κ1) is 20.3. The Hall–Kier alpha value is -3.48. The molecule has 1 heterocycles. The van der Waals surface area contributed by atoms with Crippen molar-refractivity contribution in [2.45, 2.75) is 32.7 Å². The fourth-order valence-corrected chi connectivity index (χ4v) is 3.20. The molecule has 152 valence electrons. The van der Waals surface area contributed by atoms with Crippen molar-refractivity contribution in [3.8, 4) is 16.9 Å². The highest BCUT2D eigenvalue weighted by Crippen LogP contribution is 2.41. The number of hydrogen-bond acceptors (Lipinski definition) is 4. The minimum atomic E-state index is -0.989. The van der Waals surface area contributed by atoms with Gasteiger partial charge < -0.3 is 25.5 Å². The maximum Gasteiger partial charge on any atom is 0.325 e. The molecule has 3 aromatic rings. The molecule has 0 saturated carbocycles. The topological polar surface area (TPSA) is 103 Å². The second-order valence-corrected chi connectivity index (χ2v) is 6.77. The van der Waals surface area contributed by atoms with Crippen LogP contribution < -0.4 is 15.4 Å². The summed E-state index contributed by atoms with van der Waals surface area (Å²) in [5.74, 6) is 0.189. The zero-order chi connectivity index (χ0) is 20.8. The summed E-state index contributed by atoms with van der Waals surface area (Å²) in [5, 5.41) is 15.8. The number of ether oxygens (including phenoxy) is 1. The number of para-hydroxylation sites is 1. The SMILES string of the molecule is CCCCOc1ccccc1-c1cccc2[nH]c(NC=O)c(N[C@@H](C)C(=O)O)c12. The highest BCUT2D eigenvalue weighted by Gasteiger charge is 2.21. The lowest BCUT2D eigenvalue weighted by Gasteiger charge is -2.15. The molecular weight excluding hydrogens is 370 g/mol. The van der Waals surface area contributed by atoms with E-state index in [-0.39, 0.29) is 0 Å². The average molecular weight is 395 g/mol. The van der Waals surface area contributed by atoms with Crippen molar-refractivity contribution in [1.82, 2.24) is 4.98 Å². The minimum absolute atomic E-state index is 0.417. The Kier molecular flexibility index (Phi) is 6.39. The molecule has 7 heteroatoms. The number of fused-ring (bicyclic) bond motifs is 1. The molecule has 0 bridgehead atoms. The van der Waals surface area contributed by atoms with Crippen molar-refractivity contribution in [1.29, 1.82) is 0 Å². The van der Waals surface area contributed by atoms with Crippen LogP contribution >= 0.6 is 0 Å². The predicted molar refractivity (Wildman–Crippen MR) is 115 cm³/mol. The second kappa shape index (κ2) is 9.14. The van der Waals surface area contributed by atoms with Crippen molar-refractivity contribution in [3.63, 3.8) is 0 Å². The van der Waals surface area contributed by atoms with Crippen molar-refractivity contribution in [2.75, 3.05) is 17.2 Å². The Morgan fingerprint density at radius 1 is 1.21 bits per heavy atom. The van der Waals surface area contributed by atoms with E-state index in [1.807, 2.05) is 42.5 Å². The third-order valence-corrected chi connectivity index (χ3v) is 4.69. The summed E-state index contributed by atoms with van der Waals surface area (Å²) in [4.78, 5) is 25.6. The van der Waals surface area contributed by atoms with Crippen molar-refractivity contribution < 1.29 is 19.4 Å². The Morgan fingerprint density at radius 2 is 1.97 bits per heavy atom. The van der Waals surface area contributed by atoms with Gasteiger partial charge in [0.15, 0.2) is 0 Å². The van der Waals surface area contributed by atoms with E-state index in [1.54, 1.807) is 6.92 Å². The minimum Gasteiger partial charge on any atom is -0.493 e. The van der Waals surface area contributed by atoms with E-state index in [1.165, 1.54) is 0 Å². The summed E-state index contributed by atoms with van der Waals surface area (Å²) in [6, 6.07) is 12.7. The van der Waals surface area contributed by atoms with Crippen LogP contribution in [0.25, 0.3) is 22.0 Å². The Balaban J connectivity index is 2.17. The van der Waals surface area contributed by atoms with Gasteiger partial charge >= 0.3 is 5.97 Å². The summed E-state index contributed by atoms with van der Waals surface area (Å²) in [6.07, 6.45) is 2.55. The summed E-state index contributed by atoms with van der Waals surface area (Å²) in [5.41, 5.74) is 3.08. The highest BCUT2D eigenvalue weighted by atomic mass is 16.5. The number of hydrogen-bond donors (Lipinski definition) is 4. The standard InChI is InChI=1S/C22H25N3O4/c1-3-4-12-29-18-11-6-5-8-15(18)16-9-7-10-17-19(16)20(21(25-17)23-13-26)24-14(2)22(27)28/h5-11,13-14,24-25H,3-4,12H2,1-2H3,(H,23,26)(H,27,28)/t14-/m0/s1. The van der Waals surface area contributed by atoms with Gasteiger partial charge in [-0.3, -0.25) is 9.59 Å². The fraction of sp³-hybridized carbons (Fsp3) is 0.273. The zero-order valence-corrected chi connectivity index (χ0v) is 16.5. The fourth-order valence-electron chi connectivity index (χ4n) is 3.20. The van der Waals surface area contributed by atoms with E-state index in [4.69, 9.17) is 4.74 Å². The van der Waals surface area contributed by atoms with Gasteiger partial charge in [0, 0.05) is 16.5 Å². The van der Waals surface area contributed by atoms with E-state index in [0.717, 1.165) is 40.6 Å². The number of aliphatic carboxylic acids is 1. The summed E-state index contributed by atoms with van der Waals surface area (Å²) < 4.78 is 6.00. The van der Waals surface area contributed by atoms with Gasteiger partial charge in [-0.15, -0.1) is 0 Å². The number of benzene rings is 2. The largest absolute Gasteiger partial charge is 0.493 e. The van der Waals surface area contributed by atoms with Gasteiger partial charge in [-0.2, -0.15) is 0 Å². The summed E-state index contributed by atoms with van der Waals surface area (Å²) in [7, 11) is 0. The highest BCUT2D eigenvalue weighted by molar-refractivity contribution is 6.10. The maximum absolute atomic E-state index is 11.4. The number of aromatic nitrogens is 1. The number of H-pyrrole nitrogens is 1. The lowest BCUT2D eigenvalue weighted by molar-refractivity contribution is -0.137. The van der Waals surface area contributed by atoms with Crippen LogP contribution in [-0.2, 0) is 9.59 Å². The molecule has 1 aromatic heterocycles. The first-order chi connectivity index (χ1) is 14.1. The van der Waals surface area contributed by atoms with Crippen molar-refractivity contribution >= 4 is 34.8 Å². The van der Waals surface area contributed by atoms with Gasteiger partial charge in [-0.25, -0.2) is 0 Å². The van der Waals surface area contributed by atoms with Gasteiger partial charge in [0.2, 0.25) is 6.41 Å². The molecule has 2 aromatic carbocycles. The maximum atomic E-state index is 11.4. The predicted octanol–water partition coefficient (Wildman–Crippen LogP) is 4.47. The molecule has 0 unspecified atom stereocenters. The molecule has 4 N–H and O–H groups in total. The molecule has 0 saturated heterocycles.